The van der Waals surface area contributed by atoms with E-state index >= 15 is 0 Å². The number of rotatable bonds is 41. The number of amides is 1. The van der Waals surface area contributed by atoms with Crippen LogP contribution in [-0.2, 0) is 18.4 Å². The van der Waals surface area contributed by atoms with Crippen molar-refractivity contribution in [3.8, 4) is 0 Å². The SMILES string of the molecule is CCCCCC/C=C\C/C=C\CCCCCCCCCC(=O)NC(COP(=O)(O)OCCN)C(O)/C=C/CC/C=C/CC/C=C/CCCCCCCCCC. The predicted octanol–water partition coefficient (Wildman–Crippen LogP) is 12.7. The lowest BCUT2D eigenvalue weighted by Gasteiger charge is -2.23. The van der Waals surface area contributed by atoms with Gasteiger partial charge in [0.2, 0.25) is 5.91 Å². The van der Waals surface area contributed by atoms with Crippen LogP contribution in [0.25, 0.3) is 0 Å². The van der Waals surface area contributed by atoms with Gasteiger partial charge >= 0.3 is 7.82 Å². The van der Waals surface area contributed by atoms with Crippen LogP contribution in [0, 0.1) is 0 Å². The highest BCUT2D eigenvalue weighted by Gasteiger charge is 2.26. The van der Waals surface area contributed by atoms with Gasteiger partial charge in [0, 0.05) is 13.0 Å². The summed E-state index contributed by atoms with van der Waals surface area (Å²) < 4.78 is 22.1. The van der Waals surface area contributed by atoms with Crippen molar-refractivity contribution in [1.82, 2.24) is 5.32 Å². The van der Waals surface area contributed by atoms with Gasteiger partial charge in [-0.3, -0.25) is 13.8 Å². The fourth-order valence-corrected chi connectivity index (χ4v) is 6.89. The van der Waals surface area contributed by atoms with Gasteiger partial charge in [0.05, 0.1) is 25.4 Å². The minimum Gasteiger partial charge on any atom is -0.387 e. The molecule has 0 saturated carbocycles. The molecule has 0 aromatic rings. The summed E-state index contributed by atoms with van der Waals surface area (Å²) in [7, 11) is -4.36. The lowest BCUT2D eigenvalue weighted by Crippen LogP contribution is -2.45. The number of aliphatic hydroxyl groups excluding tert-OH is 1. The van der Waals surface area contributed by atoms with E-state index in [0.717, 1.165) is 64.2 Å². The van der Waals surface area contributed by atoms with Crippen LogP contribution < -0.4 is 11.1 Å². The molecule has 0 aliphatic heterocycles. The number of hydrogen-bond donors (Lipinski definition) is 4. The van der Waals surface area contributed by atoms with Crippen molar-refractivity contribution in [3.05, 3.63) is 60.8 Å². The Morgan fingerprint density at radius 1 is 0.600 bits per heavy atom. The van der Waals surface area contributed by atoms with Crippen LogP contribution in [0.4, 0.5) is 0 Å². The second kappa shape index (κ2) is 41.8. The molecule has 0 saturated heterocycles. The molecule has 0 aromatic heterocycles. The summed E-state index contributed by atoms with van der Waals surface area (Å²) in [5, 5.41) is 13.6. The summed E-state index contributed by atoms with van der Waals surface area (Å²) in [4.78, 5) is 22.7. The van der Waals surface area contributed by atoms with Crippen LogP contribution in [0.15, 0.2) is 60.8 Å². The van der Waals surface area contributed by atoms with Crippen LogP contribution in [0.2, 0.25) is 0 Å². The topological polar surface area (TPSA) is 131 Å². The van der Waals surface area contributed by atoms with Gasteiger partial charge in [-0.05, 0) is 77.0 Å². The maximum absolute atomic E-state index is 12.8. The highest BCUT2D eigenvalue weighted by Crippen LogP contribution is 2.43. The summed E-state index contributed by atoms with van der Waals surface area (Å²) in [5.41, 5.74) is 5.37. The summed E-state index contributed by atoms with van der Waals surface area (Å²) in [5.74, 6) is -0.218. The number of carbonyl (C=O) groups is 1. The van der Waals surface area contributed by atoms with Gasteiger partial charge in [0.25, 0.3) is 0 Å². The second-order valence-corrected chi connectivity index (χ2v) is 16.3. The van der Waals surface area contributed by atoms with E-state index < -0.39 is 20.0 Å². The van der Waals surface area contributed by atoms with E-state index in [9.17, 15) is 19.4 Å². The molecule has 3 unspecified atom stereocenters. The molecule has 3 atom stereocenters. The molecule has 0 spiro atoms. The summed E-state index contributed by atoms with van der Waals surface area (Å²) in [6, 6.07) is -0.889. The number of phosphoric ester groups is 1. The molecule has 0 rings (SSSR count). The van der Waals surface area contributed by atoms with Crippen LogP contribution in [0.5, 0.6) is 0 Å². The zero-order valence-corrected chi connectivity index (χ0v) is 36.3. The van der Waals surface area contributed by atoms with Gasteiger partial charge in [-0.2, -0.15) is 0 Å². The van der Waals surface area contributed by atoms with E-state index in [1.165, 1.54) is 109 Å². The van der Waals surface area contributed by atoms with Crippen molar-refractivity contribution in [2.24, 2.45) is 5.73 Å². The van der Waals surface area contributed by atoms with E-state index in [-0.39, 0.29) is 25.7 Å². The Labute approximate surface area is 338 Å². The van der Waals surface area contributed by atoms with Gasteiger partial charge in [-0.25, -0.2) is 4.57 Å². The molecule has 0 heterocycles. The van der Waals surface area contributed by atoms with Crippen molar-refractivity contribution in [2.75, 3.05) is 19.8 Å². The Morgan fingerprint density at radius 2 is 1.02 bits per heavy atom. The van der Waals surface area contributed by atoms with Crippen molar-refractivity contribution >= 4 is 13.7 Å². The number of carbonyl (C=O) groups excluding carboxylic acids is 1. The van der Waals surface area contributed by atoms with Crippen molar-refractivity contribution < 1.29 is 28.4 Å². The largest absolute Gasteiger partial charge is 0.472 e. The molecule has 5 N–H and O–H groups in total. The summed E-state index contributed by atoms with van der Waals surface area (Å²) >= 11 is 0. The molecular weight excluding hydrogens is 707 g/mol. The van der Waals surface area contributed by atoms with Crippen LogP contribution in [0.1, 0.15) is 194 Å². The average Bonchev–Trinajstić information content (AvgIpc) is 3.17. The molecule has 0 radical (unpaired) electrons. The monoisotopic (exact) mass is 793 g/mol. The van der Waals surface area contributed by atoms with Gasteiger partial charge < -0.3 is 21.1 Å². The minimum atomic E-state index is -4.36. The zero-order valence-electron chi connectivity index (χ0n) is 35.4. The van der Waals surface area contributed by atoms with E-state index in [1.54, 1.807) is 6.08 Å². The number of phosphoric acid groups is 1. The first-order chi connectivity index (χ1) is 26.9. The molecule has 0 fully saturated rings. The number of hydrogen-bond acceptors (Lipinski definition) is 6. The molecule has 0 aliphatic carbocycles. The lowest BCUT2D eigenvalue weighted by molar-refractivity contribution is -0.123. The van der Waals surface area contributed by atoms with E-state index in [0.29, 0.717) is 6.42 Å². The lowest BCUT2D eigenvalue weighted by atomic mass is 10.1. The first-order valence-electron chi connectivity index (χ1n) is 22.4. The minimum absolute atomic E-state index is 0.0681. The third-order valence-electron chi connectivity index (χ3n) is 9.54. The molecule has 0 aliphatic rings. The van der Waals surface area contributed by atoms with Gasteiger partial charge in [-0.15, -0.1) is 0 Å². The van der Waals surface area contributed by atoms with Crippen LogP contribution in [-0.4, -0.2) is 47.8 Å². The molecule has 9 heteroatoms. The third kappa shape index (κ3) is 40.2. The first-order valence-corrected chi connectivity index (χ1v) is 23.9. The number of aliphatic hydroxyl groups is 1. The van der Waals surface area contributed by atoms with Gasteiger partial charge in [-0.1, -0.05) is 171 Å². The maximum atomic E-state index is 12.8. The normalized spacial score (nSPS) is 14.6. The van der Waals surface area contributed by atoms with E-state index in [1.807, 2.05) is 6.08 Å². The van der Waals surface area contributed by atoms with Crippen LogP contribution in [0.3, 0.4) is 0 Å². The molecule has 8 nitrogen and oxygen atoms in total. The second-order valence-electron chi connectivity index (χ2n) is 14.9. The molecule has 0 bridgehead atoms. The molecule has 320 valence electrons. The Bertz CT molecular complexity index is 1040. The third-order valence-corrected chi connectivity index (χ3v) is 10.5. The average molecular weight is 793 g/mol. The van der Waals surface area contributed by atoms with Crippen molar-refractivity contribution in [3.63, 3.8) is 0 Å². The zero-order chi connectivity index (χ0) is 40.3. The van der Waals surface area contributed by atoms with E-state index in [2.05, 4.69) is 67.8 Å². The predicted molar refractivity (Wildman–Crippen MR) is 235 cm³/mol. The fraction of sp³-hybridized carbons (Fsp3) is 0.761. The molecule has 1 amide bonds. The summed E-state index contributed by atoms with van der Waals surface area (Å²) in [6.07, 6.45) is 52.7. The quantitative estimate of drug-likeness (QED) is 0.0275. The number of nitrogens with one attached hydrogen (secondary N) is 1. The highest BCUT2D eigenvalue weighted by atomic mass is 31.2. The van der Waals surface area contributed by atoms with Gasteiger partial charge in [0.1, 0.15) is 0 Å². The Balaban J connectivity index is 4.31. The summed E-state index contributed by atoms with van der Waals surface area (Å²) in [6.45, 7) is 4.07. The van der Waals surface area contributed by atoms with E-state index in [4.69, 9.17) is 14.8 Å². The Kier molecular flexibility index (Phi) is 40.5. The highest BCUT2D eigenvalue weighted by molar-refractivity contribution is 7.47. The standard InChI is InChI=1S/C46H85N2O6P/c1-3-5-7-9-11-13-15-17-19-21-23-25-27-29-31-33-35-37-39-45(49)44(43-54-55(51,52)53-42-41-47)48-46(50)40-38-36-34-32-30-28-26-24-22-20-18-16-14-12-10-8-6-4-2/h14,16,20-23,29,31,37,39,44-45,49H,3-13,15,17-19,24-28,30,32-36,38,40-43,47H2,1-2H3,(H,48,50)(H,51,52)/b16-14-,22-20-,23-21+,31-29+,39-37+. The fourth-order valence-electron chi connectivity index (χ4n) is 6.13. The van der Waals surface area contributed by atoms with Crippen LogP contribution >= 0.6 is 7.82 Å². The Hall–Kier alpha value is -1.80. The smallest absolute Gasteiger partial charge is 0.387 e. The van der Waals surface area contributed by atoms with Crippen molar-refractivity contribution in [1.29, 1.82) is 0 Å². The molecule has 55 heavy (non-hydrogen) atoms. The van der Waals surface area contributed by atoms with Gasteiger partial charge in [0.15, 0.2) is 0 Å². The van der Waals surface area contributed by atoms with Crippen molar-refractivity contribution in [2.45, 2.75) is 206 Å². The number of allylic oxidation sites excluding steroid dienone is 9. The maximum Gasteiger partial charge on any atom is 0.472 e. The number of unbranched alkanes of at least 4 members (excludes halogenated alkanes) is 21. The number of nitrogens with two attached hydrogens (primary N) is 1. The molecular formula is C46H85N2O6P. The molecule has 0 aromatic carbocycles. The Morgan fingerprint density at radius 3 is 1.53 bits per heavy atom. The first kappa shape index (κ1) is 53.2.